The number of piperazine rings is 1. The molecule has 3 heterocycles. The minimum atomic E-state index is -0.708. The number of hydrogen-bond donors (Lipinski definition) is 1. The first kappa shape index (κ1) is 29.8. The summed E-state index contributed by atoms with van der Waals surface area (Å²) in [7, 11) is 2.11. The highest BCUT2D eigenvalue weighted by Crippen LogP contribution is 2.40. The van der Waals surface area contributed by atoms with Gasteiger partial charge in [-0.1, -0.05) is 24.3 Å². The summed E-state index contributed by atoms with van der Waals surface area (Å²) in [6, 6.07) is 14.4. The van der Waals surface area contributed by atoms with Crippen molar-refractivity contribution < 1.29 is 19.0 Å². The number of phenolic OH excluding ortho intramolecular Hbond substituents is 1. The second-order valence-electron chi connectivity index (χ2n) is 12.1. The van der Waals surface area contributed by atoms with Crippen LogP contribution in [0.15, 0.2) is 48.6 Å². The van der Waals surface area contributed by atoms with Gasteiger partial charge < -0.3 is 24.5 Å². The molecule has 44 heavy (non-hydrogen) atoms. The van der Waals surface area contributed by atoms with Gasteiger partial charge in [0.05, 0.1) is 24.2 Å². The maximum Gasteiger partial charge on any atom is 0.318 e. The van der Waals surface area contributed by atoms with Crippen LogP contribution in [0.25, 0.3) is 10.8 Å². The lowest BCUT2D eigenvalue weighted by atomic mass is 9.80. The molecule has 2 fully saturated rings. The van der Waals surface area contributed by atoms with Gasteiger partial charge in [0.1, 0.15) is 24.8 Å². The summed E-state index contributed by atoms with van der Waals surface area (Å²) in [6.45, 7) is 2.23. The van der Waals surface area contributed by atoms with Crippen LogP contribution < -0.4 is 9.64 Å². The Labute approximate surface area is 257 Å². The molecule has 2 aromatic carbocycles. The van der Waals surface area contributed by atoms with E-state index >= 15 is 0 Å². The Morgan fingerprint density at radius 2 is 2.05 bits per heavy atom. The van der Waals surface area contributed by atoms with Crippen LogP contribution in [0.1, 0.15) is 48.4 Å². The van der Waals surface area contributed by atoms with Gasteiger partial charge in [0, 0.05) is 37.3 Å². The summed E-state index contributed by atoms with van der Waals surface area (Å²) in [4.78, 5) is 28.8. The summed E-state index contributed by atoms with van der Waals surface area (Å²) >= 11 is 0. The number of phenols is 1. The van der Waals surface area contributed by atoms with E-state index in [-0.39, 0.29) is 30.0 Å². The SMILES string of the molecule is CN1CCC[C@H]1COc1nc2c(c(N3CCN(C(=O)/C=C/CF)[C@@H](CC#N)C3)n1)CC[C@H](c1cc(O)cc3ccccc13)C2. The minimum absolute atomic E-state index is 0.166. The van der Waals surface area contributed by atoms with Crippen LogP contribution in [0.2, 0.25) is 0 Å². The van der Waals surface area contributed by atoms with E-state index in [1.54, 1.807) is 11.0 Å². The van der Waals surface area contributed by atoms with Crippen LogP contribution >= 0.6 is 0 Å². The molecule has 1 aliphatic carbocycles. The molecular formula is C34H39FN6O3. The van der Waals surface area contributed by atoms with Gasteiger partial charge in [0.15, 0.2) is 0 Å². The van der Waals surface area contributed by atoms with Crippen LogP contribution in [0.5, 0.6) is 11.8 Å². The quantitative estimate of drug-likeness (QED) is 0.377. The molecule has 9 nitrogen and oxygen atoms in total. The second kappa shape index (κ2) is 13.2. The van der Waals surface area contributed by atoms with E-state index in [0.717, 1.165) is 65.6 Å². The number of nitrogens with zero attached hydrogens (tertiary/aromatic N) is 6. The molecule has 1 N–H and O–H groups in total. The second-order valence-corrected chi connectivity index (χ2v) is 12.1. The molecular weight excluding hydrogens is 559 g/mol. The van der Waals surface area contributed by atoms with Gasteiger partial charge >= 0.3 is 6.01 Å². The molecule has 1 amide bonds. The van der Waals surface area contributed by atoms with Gasteiger partial charge in [0.2, 0.25) is 5.91 Å². The molecule has 10 heteroatoms. The first-order valence-corrected chi connectivity index (χ1v) is 15.5. The number of amides is 1. The van der Waals surface area contributed by atoms with E-state index in [0.29, 0.717) is 44.7 Å². The summed E-state index contributed by atoms with van der Waals surface area (Å²) < 4.78 is 19.0. The van der Waals surface area contributed by atoms with Crippen molar-refractivity contribution >= 4 is 22.5 Å². The lowest BCUT2D eigenvalue weighted by Crippen LogP contribution is -2.55. The van der Waals surface area contributed by atoms with Crippen LogP contribution in [-0.4, -0.2) is 89.4 Å². The fraction of sp³-hybridized carbons (Fsp3) is 0.471. The highest BCUT2D eigenvalue weighted by atomic mass is 19.1. The van der Waals surface area contributed by atoms with Gasteiger partial charge in [-0.05, 0) is 86.2 Å². The zero-order valence-corrected chi connectivity index (χ0v) is 25.2. The number of likely N-dealkylation sites (tertiary alicyclic amines) is 1. The molecule has 1 aromatic heterocycles. The largest absolute Gasteiger partial charge is 0.508 e. The number of halogens is 1. The van der Waals surface area contributed by atoms with Crippen LogP contribution in [0.4, 0.5) is 10.2 Å². The van der Waals surface area contributed by atoms with E-state index in [4.69, 9.17) is 14.7 Å². The van der Waals surface area contributed by atoms with Gasteiger partial charge in [-0.15, -0.1) is 0 Å². The molecule has 0 radical (unpaired) electrons. The number of benzene rings is 2. The standard InChI is InChI=1S/C34H39FN6O3/c1-39-15-5-7-26(39)22-44-34-37-31-19-24(30-20-27(42)18-23-6-2-3-8-28(23)30)10-11-29(31)33(38-34)40-16-17-41(25(21-40)12-14-36)32(43)9-4-13-35/h2-4,6,8-9,18,20,24-26,42H,5,7,10-13,15-17,19,21-22H2,1H3/b9-4+/t24-,25-,26-/m0/s1. The number of allylic oxidation sites excluding steroid dienone is 1. The van der Waals surface area contributed by atoms with Crippen molar-refractivity contribution in [1.29, 1.82) is 5.26 Å². The molecule has 0 spiro atoms. The van der Waals surface area contributed by atoms with Crippen molar-refractivity contribution in [3.05, 3.63) is 65.4 Å². The number of fused-ring (bicyclic) bond motifs is 2. The Morgan fingerprint density at radius 3 is 2.84 bits per heavy atom. The van der Waals surface area contributed by atoms with E-state index in [1.165, 1.54) is 12.2 Å². The number of anilines is 1. The third kappa shape index (κ3) is 6.20. The number of alkyl halides is 1. The van der Waals surface area contributed by atoms with E-state index < -0.39 is 6.67 Å². The number of nitriles is 1. The molecule has 0 unspecified atom stereocenters. The molecule has 230 valence electrons. The van der Waals surface area contributed by atoms with E-state index in [1.807, 2.05) is 24.3 Å². The Kier molecular flexibility index (Phi) is 8.94. The average molecular weight is 599 g/mol. The number of aromatic hydroxyl groups is 1. The number of hydrogen-bond acceptors (Lipinski definition) is 8. The number of ether oxygens (including phenoxy) is 1. The van der Waals surface area contributed by atoms with E-state index in [9.17, 15) is 19.6 Å². The number of carbonyl (C=O) groups excluding carboxylic acids is 1. The maximum atomic E-state index is 12.8. The molecule has 2 aliphatic heterocycles. The Balaban J connectivity index is 1.32. The summed E-state index contributed by atoms with van der Waals surface area (Å²) in [6.07, 6.45) is 7.16. The topological polar surface area (TPSA) is 106 Å². The number of carbonyl (C=O) groups is 1. The molecule has 0 bridgehead atoms. The van der Waals surface area contributed by atoms with Gasteiger partial charge in [-0.25, -0.2) is 4.39 Å². The van der Waals surface area contributed by atoms with Crippen LogP contribution in [-0.2, 0) is 17.6 Å². The van der Waals surface area contributed by atoms with Gasteiger partial charge in [-0.2, -0.15) is 15.2 Å². The molecule has 3 aromatic rings. The molecule has 0 saturated carbocycles. The first-order chi connectivity index (χ1) is 21.4. The Hall–Kier alpha value is -4.23. The van der Waals surface area contributed by atoms with Gasteiger partial charge in [0.25, 0.3) is 0 Å². The lowest BCUT2D eigenvalue weighted by molar-refractivity contribution is -0.128. The first-order valence-electron chi connectivity index (χ1n) is 15.5. The zero-order chi connectivity index (χ0) is 30.6. The molecule has 6 rings (SSSR count). The fourth-order valence-corrected chi connectivity index (χ4v) is 7.05. The Morgan fingerprint density at radius 1 is 1.18 bits per heavy atom. The third-order valence-corrected chi connectivity index (χ3v) is 9.37. The van der Waals surface area contributed by atoms with Crippen molar-refractivity contribution in [2.45, 2.75) is 56.5 Å². The summed E-state index contributed by atoms with van der Waals surface area (Å²) in [5, 5.41) is 22.2. The normalized spacial score (nSPS) is 22.3. The lowest BCUT2D eigenvalue weighted by Gasteiger charge is -2.42. The smallest absolute Gasteiger partial charge is 0.318 e. The zero-order valence-electron chi connectivity index (χ0n) is 25.2. The molecule has 3 atom stereocenters. The monoisotopic (exact) mass is 598 g/mol. The average Bonchev–Trinajstić information content (AvgIpc) is 3.45. The summed E-state index contributed by atoms with van der Waals surface area (Å²) in [5.41, 5.74) is 3.13. The molecule has 2 saturated heterocycles. The van der Waals surface area contributed by atoms with Crippen molar-refractivity contribution in [2.24, 2.45) is 0 Å². The van der Waals surface area contributed by atoms with Crippen molar-refractivity contribution in [3.8, 4) is 17.8 Å². The Bertz CT molecular complexity index is 1590. The van der Waals surface area contributed by atoms with Crippen LogP contribution in [0, 0.1) is 11.3 Å². The number of rotatable bonds is 8. The van der Waals surface area contributed by atoms with Crippen molar-refractivity contribution in [1.82, 2.24) is 19.8 Å². The predicted octanol–water partition coefficient (Wildman–Crippen LogP) is 4.54. The number of likely N-dealkylation sites (N-methyl/N-ethyl adjacent to an activating group) is 1. The van der Waals surface area contributed by atoms with E-state index in [2.05, 4.69) is 29.0 Å². The van der Waals surface area contributed by atoms with Crippen molar-refractivity contribution in [2.75, 3.05) is 51.4 Å². The van der Waals surface area contributed by atoms with Crippen LogP contribution in [0.3, 0.4) is 0 Å². The number of aromatic nitrogens is 2. The summed E-state index contributed by atoms with van der Waals surface area (Å²) in [5.74, 6) is 0.950. The molecule has 3 aliphatic rings. The fourth-order valence-electron chi connectivity index (χ4n) is 7.05. The maximum absolute atomic E-state index is 12.8. The van der Waals surface area contributed by atoms with Gasteiger partial charge in [-0.3, -0.25) is 4.79 Å². The third-order valence-electron chi connectivity index (χ3n) is 9.37. The predicted molar refractivity (Wildman–Crippen MR) is 167 cm³/mol. The highest BCUT2D eigenvalue weighted by molar-refractivity contribution is 5.88. The minimum Gasteiger partial charge on any atom is -0.508 e. The highest BCUT2D eigenvalue weighted by Gasteiger charge is 2.34. The van der Waals surface area contributed by atoms with Crippen molar-refractivity contribution in [3.63, 3.8) is 0 Å².